The molecule has 0 bridgehead atoms. The van der Waals surface area contributed by atoms with E-state index in [0.29, 0.717) is 13.0 Å². The summed E-state index contributed by atoms with van der Waals surface area (Å²) in [5.74, 6) is 0.109. The number of anilines is 1. The molecule has 1 aromatic rings. The lowest BCUT2D eigenvalue weighted by molar-refractivity contribution is -0.116. The Morgan fingerprint density at radius 2 is 2.21 bits per heavy atom. The minimum atomic E-state index is 0.0266. The fourth-order valence-electron chi connectivity index (χ4n) is 2.20. The molecule has 1 aliphatic heterocycles. The highest BCUT2D eigenvalue weighted by Crippen LogP contribution is 2.23. The van der Waals surface area contributed by atoms with E-state index in [2.05, 4.69) is 22.8 Å². The molecule has 2 rings (SSSR count). The Labute approximate surface area is 113 Å². The van der Waals surface area contributed by atoms with Gasteiger partial charge in [0.05, 0.1) is 0 Å². The number of carbonyl (C=O) groups is 1. The molecular formula is C14H22N4O. The molecule has 0 radical (unpaired) electrons. The van der Waals surface area contributed by atoms with Crippen LogP contribution in [0.5, 0.6) is 0 Å². The second kappa shape index (κ2) is 6.65. The van der Waals surface area contributed by atoms with Gasteiger partial charge in [0.15, 0.2) is 0 Å². The molecular weight excluding hydrogens is 240 g/mol. The van der Waals surface area contributed by atoms with Crippen molar-refractivity contribution in [1.29, 1.82) is 0 Å². The molecule has 0 saturated heterocycles. The number of rotatable bonds is 6. The first-order chi connectivity index (χ1) is 9.19. The minimum Gasteiger partial charge on any atom is -0.329 e. The Balaban J connectivity index is 1.83. The number of hydrogen-bond acceptors (Lipinski definition) is 4. The predicted molar refractivity (Wildman–Crippen MR) is 77.0 cm³/mol. The highest BCUT2D eigenvalue weighted by atomic mass is 16.1. The van der Waals surface area contributed by atoms with Crippen LogP contribution < -0.4 is 22.1 Å². The van der Waals surface area contributed by atoms with Gasteiger partial charge in [0, 0.05) is 31.2 Å². The van der Waals surface area contributed by atoms with Crippen LogP contribution in [0.3, 0.4) is 0 Å². The van der Waals surface area contributed by atoms with Crippen molar-refractivity contribution < 1.29 is 4.79 Å². The zero-order chi connectivity index (χ0) is 13.7. The number of hydrogen-bond donors (Lipinski definition) is 4. The summed E-state index contributed by atoms with van der Waals surface area (Å²) >= 11 is 0. The molecule has 5 heteroatoms. The lowest BCUT2D eigenvalue weighted by Gasteiger charge is -2.17. The second-order valence-electron chi connectivity index (χ2n) is 4.99. The summed E-state index contributed by atoms with van der Waals surface area (Å²) in [4.78, 5) is 11.3. The smallest absolute Gasteiger partial charge is 0.224 e. The van der Waals surface area contributed by atoms with Gasteiger partial charge in [-0.05, 0) is 36.6 Å². The van der Waals surface area contributed by atoms with E-state index in [1.54, 1.807) is 0 Å². The summed E-state index contributed by atoms with van der Waals surface area (Å²) in [6.45, 7) is 2.14. The number of aryl methyl sites for hydroxylation is 1. The van der Waals surface area contributed by atoms with Crippen LogP contribution in [0.25, 0.3) is 0 Å². The standard InChI is InChI=1S/C14H22N4O/c15-8-12(16)9-17-6-5-10-1-3-13-11(7-10)2-4-14(19)18-13/h1,3,7,12,17H,2,4-6,8-9,15-16H2,(H,18,19). The Kier molecular flexibility index (Phi) is 4.90. The zero-order valence-electron chi connectivity index (χ0n) is 11.1. The molecule has 5 nitrogen and oxygen atoms in total. The van der Waals surface area contributed by atoms with E-state index < -0.39 is 0 Å². The molecule has 1 unspecified atom stereocenters. The lowest BCUT2D eigenvalue weighted by Crippen LogP contribution is -2.40. The molecule has 0 fully saturated rings. The molecule has 19 heavy (non-hydrogen) atoms. The van der Waals surface area contributed by atoms with Crippen LogP contribution in [0.4, 0.5) is 5.69 Å². The first-order valence-corrected chi connectivity index (χ1v) is 6.77. The van der Waals surface area contributed by atoms with Crippen molar-refractivity contribution in [3.63, 3.8) is 0 Å². The SMILES string of the molecule is NCC(N)CNCCc1ccc2c(c1)CCC(=O)N2. The summed E-state index contributed by atoms with van der Waals surface area (Å²) in [7, 11) is 0. The highest BCUT2D eigenvalue weighted by molar-refractivity contribution is 5.93. The Morgan fingerprint density at radius 1 is 1.37 bits per heavy atom. The van der Waals surface area contributed by atoms with E-state index in [1.165, 1.54) is 11.1 Å². The fourth-order valence-corrected chi connectivity index (χ4v) is 2.20. The van der Waals surface area contributed by atoms with Crippen molar-refractivity contribution in [3.05, 3.63) is 29.3 Å². The molecule has 104 valence electrons. The number of nitrogens with one attached hydrogen (secondary N) is 2. The van der Waals surface area contributed by atoms with Gasteiger partial charge in [0.2, 0.25) is 5.91 Å². The highest BCUT2D eigenvalue weighted by Gasteiger charge is 2.14. The van der Waals surface area contributed by atoms with Gasteiger partial charge in [-0.2, -0.15) is 0 Å². The van der Waals surface area contributed by atoms with Gasteiger partial charge in [-0.25, -0.2) is 0 Å². The summed E-state index contributed by atoms with van der Waals surface area (Å²) in [5.41, 5.74) is 14.7. The minimum absolute atomic E-state index is 0.0266. The average Bonchev–Trinajstić information content (AvgIpc) is 2.43. The molecule has 1 aliphatic rings. The van der Waals surface area contributed by atoms with Gasteiger partial charge in [-0.3, -0.25) is 4.79 Å². The van der Waals surface area contributed by atoms with Crippen LogP contribution >= 0.6 is 0 Å². The number of amides is 1. The van der Waals surface area contributed by atoms with Crippen LogP contribution in [-0.4, -0.2) is 31.6 Å². The summed E-state index contributed by atoms with van der Waals surface area (Å²) in [6.07, 6.45) is 2.37. The third-order valence-electron chi connectivity index (χ3n) is 3.36. The number of carbonyl (C=O) groups excluding carboxylic acids is 1. The monoisotopic (exact) mass is 262 g/mol. The van der Waals surface area contributed by atoms with E-state index in [0.717, 1.165) is 31.6 Å². The van der Waals surface area contributed by atoms with Gasteiger partial charge in [0.1, 0.15) is 0 Å². The molecule has 6 N–H and O–H groups in total. The third kappa shape index (κ3) is 4.02. The average molecular weight is 262 g/mol. The summed E-state index contributed by atoms with van der Waals surface area (Å²) in [6, 6.07) is 6.26. The molecule has 1 heterocycles. The Hall–Kier alpha value is -1.43. The van der Waals surface area contributed by atoms with Crippen LogP contribution in [0.1, 0.15) is 17.5 Å². The molecule has 1 amide bonds. The third-order valence-corrected chi connectivity index (χ3v) is 3.36. The summed E-state index contributed by atoms with van der Waals surface area (Å²) < 4.78 is 0. The van der Waals surface area contributed by atoms with Gasteiger partial charge < -0.3 is 22.1 Å². The predicted octanol–water partition coefficient (Wildman–Crippen LogP) is -0.0106. The Morgan fingerprint density at radius 3 is 3.00 bits per heavy atom. The van der Waals surface area contributed by atoms with E-state index in [-0.39, 0.29) is 11.9 Å². The summed E-state index contributed by atoms with van der Waals surface area (Å²) in [5, 5.41) is 6.19. The number of nitrogens with two attached hydrogens (primary N) is 2. The van der Waals surface area contributed by atoms with Gasteiger partial charge in [0.25, 0.3) is 0 Å². The molecule has 0 spiro atoms. The van der Waals surface area contributed by atoms with Crippen molar-refractivity contribution in [3.8, 4) is 0 Å². The molecule has 1 aromatic carbocycles. The normalized spacial score (nSPS) is 15.8. The van der Waals surface area contributed by atoms with E-state index in [1.807, 2.05) is 6.07 Å². The van der Waals surface area contributed by atoms with Crippen molar-refractivity contribution in [2.24, 2.45) is 11.5 Å². The van der Waals surface area contributed by atoms with Crippen LogP contribution in [0, 0.1) is 0 Å². The van der Waals surface area contributed by atoms with Crippen LogP contribution in [0.15, 0.2) is 18.2 Å². The van der Waals surface area contributed by atoms with Crippen molar-refractivity contribution >= 4 is 11.6 Å². The molecule has 0 aliphatic carbocycles. The van der Waals surface area contributed by atoms with Crippen LogP contribution in [0.2, 0.25) is 0 Å². The van der Waals surface area contributed by atoms with Gasteiger partial charge in [-0.1, -0.05) is 12.1 Å². The van der Waals surface area contributed by atoms with Gasteiger partial charge in [-0.15, -0.1) is 0 Å². The lowest BCUT2D eigenvalue weighted by atomic mass is 9.99. The van der Waals surface area contributed by atoms with E-state index in [9.17, 15) is 4.79 Å². The van der Waals surface area contributed by atoms with E-state index in [4.69, 9.17) is 11.5 Å². The maximum atomic E-state index is 11.3. The second-order valence-corrected chi connectivity index (χ2v) is 4.99. The zero-order valence-corrected chi connectivity index (χ0v) is 11.1. The fraction of sp³-hybridized carbons (Fsp3) is 0.500. The van der Waals surface area contributed by atoms with Gasteiger partial charge >= 0.3 is 0 Å². The topological polar surface area (TPSA) is 93.2 Å². The largest absolute Gasteiger partial charge is 0.329 e. The van der Waals surface area contributed by atoms with Crippen molar-refractivity contribution in [2.75, 3.05) is 25.0 Å². The quantitative estimate of drug-likeness (QED) is 0.542. The Bertz CT molecular complexity index is 447. The van der Waals surface area contributed by atoms with Crippen molar-refractivity contribution in [1.82, 2.24) is 5.32 Å². The maximum Gasteiger partial charge on any atom is 0.224 e. The van der Waals surface area contributed by atoms with Crippen molar-refractivity contribution in [2.45, 2.75) is 25.3 Å². The molecule has 1 atom stereocenters. The first kappa shape index (κ1) is 14.0. The number of fused-ring (bicyclic) bond motifs is 1. The maximum absolute atomic E-state index is 11.3. The molecule has 0 saturated carbocycles. The number of benzene rings is 1. The first-order valence-electron chi connectivity index (χ1n) is 6.77. The van der Waals surface area contributed by atoms with Crippen LogP contribution in [-0.2, 0) is 17.6 Å². The molecule has 0 aromatic heterocycles. The van der Waals surface area contributed by atoms with E-state index >= 15 is 0 Å².